The standard InChI is InChI=1S/C10H18N2S/c1-8(2)6-9(3)12-7-10-11-4-5-13-10/h4-5,8-9,12H,6-7H2,1-3H3/t9-/m1/s1. The molecule has 1 rings (SSSR count). The number of hydrogen-bond donors (Lipinski definition) is 1. The summed E-state index contributed by atoms with van der Waals surface area (Å²) >= 11 is 1.71. The van der Waals surface area contributed by atoms with Crippen LogP contribution in [-0.4, -0.2) is 11.0 Å². The van der Waals surface area contributed by atoms with E-state index < -0.39 is 0 Å². The number of nitrogens with zero attached hydrogens (tertiary/aromatic N) is 1. The lowest BCUT2D eigenvalue weighted by Crippen LogP contribution is -2.26. The Labute approximate surface area is 84.4 Å². The summed E-state index contributed by atoms with van der Waals surface area (Å²) in [6.07, 6.45) is 3.08. The van der Waals surface area contributed by atoms with Crippen LogP contribution in [-0.2, 0) is 6.54 Å². The zero-order valence-corrected chi connectivity index (χ0v) is 9.40. The van der Waals surface area contributed by atoms with Crippen molar-refractivity contribution < 1.29 is 0 Å². The molecule has 1 aromatic heterocycles. The predicted molar refractivity (Wildman–Crippen MR) is 57.9 cm³/mol. The first kappa shape index (κ1) is 10.7. The van der Waals surface area contributed by atoms with Gasteiger partial charge in [0.1, 0.15) is 5.01 Å². The monoisotopic (exact) mass is 198 g/mol. The Morgan fingerprint density at radius 2 is 2.23 bits per heavy atom. The van der Waals surface area contributed by atoms with Crippen molar-refractivity contribution in [3.05, 3.63) is 16.6 Å². The van der Waals surface area contributed by atoms with E-state index in [2.05, 4.69) is 31.1 Å². The van der Waals surface area contributed by atoms with E-state index in [-0.39, 0.29) is 0 Å². The van der Waals surface area contributed by atoms with E-state index in [9.17, 15) is 0 Å². The van der Waals surface area contributed by atoms with Gasteiger partial charge in [0.2, 0.25) is 0 Å². The first-order chi connectivity index (χ1) is 6.18. The maximum absolute atomic E-state index is 4.22. The van der Waals surface area contributed by atoms with E-state index in [0.29, 0.717) is 6.04 Å². The van der Waals surface area contributed by atoms with Crippen LogP contribution in [0.25, 0.3) is 0 Å². The summed E-state index contributed by atoms with van der Waals surface area (Å²) in [4.78, 5) is 4.22. The van der Waals surface area contributed by atoms with Crippen LogP contribution in [0, 0.1) is 5.92 Å². The average molecular weight is 198 g/mol. The van der Waals surface area contributed by atoms with Crippen LogP contribution in [0.1, 0.15) is 32.2 Å². The third kappa shape index (κ3) is 4.39. The second kappa shape index (κ2) is 5.35. The molecule has 0 fully saturated rings. The first-order valence-electron chi connectivity index (χ1n) is 4.80. The fourth-order valence-electron chi connectivity index (χ4n) is 1.39. The molecule has 1 N–H and O–H groups in total. The number of nitrogens with one attached hydrogen (secondary N) is 1. The highest BCUT2D eigenvalue weighted by Gasteiger charge is 2.04. The van der Waals surface area contributed by atoms with Crippen LogP contribution in [0.15, 0.2) is 11.6 Å². The molecule has 0 spiro atoms. The van der Waals surface area contributed by atoms with Gasteiger partial charge in [0.15, 0.2) is 0 Å². The Morgan fingerprint density at radius 3 is 2.77 bits per heavy atom. The molecule has 1 aromatic rings. The molecule has 2 nitrogen and oxygen atoms in total. The van der Waals surface area contributed by atoms with Gasteiger partial charge in [-0.15, -0.1) is 11.3 Å². The van der Waals surface area contributed by atoms with Gasteiger partial charge in [-0.3, -0.25) is 0 Å². The van der Waals surface area contributed by atoms with Gasteiger partial charge in [0.05, 0.1) is 0 Å². The van der Waals surface area contributed by atoms with Crippen molar-refractivity contribution in [2.24, 2.45) is 5.92 Å². The Bertz CT molecular complexity index is 219. The number of rotatable bonds is 5. The molecule has 0 aliphatic heterocycles. The predicted octanol–water partition coefficient (Wildman–Crippen LogP) is 2.67. The minimum atomic E-state index is 0.587. The molecule has 0 bridgehead atoms. The van der Waals surface area contributed by atoms with E-state index >= 15 is 0 Å². The minimum Gasteiger partial charge on any atom is -0.308 e. The Balaban J connectivity index is 2.19. The third-order valence-corrected chi connectivity index (χ3v) is 2.69. The van der Waals surface area contributed by atoms with Crippen molar-refractivity contribution in [3.63, 3.8) is 0 Å². The second-order valence-electron chi connectivity index (χ2n) is 3.84. The van der Waals surface area contributed by atoms with Gasteiger partial charge >= 0.3 is 0 Å². The van der Waals surface area contributed by atoms with E-state index in [4.69, 9.17) is 0 Å². The lowest BCUT2D eigenvalue weighted by Gasteiger charge is -2.14. The molecule has 0 unspecified atom stereocenters. The van der Waals surface area contributed by atoms with E-state index in [1.807, 2.05) is 11.6 Å². The van der Waals surface area contributed by atoms with Crippen molar-refractivity contribution >= 4 is 11.3 Å². The summed E-state index contributed by atoms with van der Waals surface area (Å²) in [6.45, 7) is 7.64. The van der Waals surface area contributed by atoms with Crippen LogP contribution >= 0.6 is 11.3 Å². The lowest BCUT2D eigenvalue weighted by molar-refractivity contribution is 0.441. The fraction of sp³-hybridized carbons (Fsp3) is 0.700. The zero-order chi connectivity index (χ0) is 9.68. The normalized spacial score (nSPS) is 13.5. The third-order valence-electron chi connectivity index (χ3n) is 1.91. The minimum absolute atomic E-state index is 0.587. The molecule has 0 radical (unpaired) electrons. The van der Waals surface area contributed by atoms with Crippen molar-refractivity contribution in [2.45, 2.75) is 39.8 Å². The fourth-order valence-corrected chi connectivity index (χ4v) is 1.96. The molecule has 0 aromatic carbocycles. The van der Waals surface area contributed by atoms with E-state index in [1.54, 1.807) is 11.3 Å². The van der Waals surface area contributed by atoms with Crippen LogP contribution in [0.4, 0.5) is 0 Å². The average Bonchev–Trinajstić information content (AvgIpc) is 2.51. The topological polar surface area (TPSA) is 24.9 Å². The Hall–Kier alpha value is -0.410. The van der Waals surface area contributed by atoms with Gasteiger partial charge < -0.3 is 5.32 Å². The zero-order valence-electron chi connectivity index (χ0n) is 8.58. The summed E-state index contributed by atoms with van der Waals surface area (Å²) in [5.74, 6) is 0.763. The first-order valence-corrected chi connectivity index (χ1v) is 5.68. The molecule has 0 saturated heterocycles. The van der Waals surface area contributed by atoms with Crippen LogP contribution in [0.5, 0.6) is 0 Å². The molecular formula is C10H18N2S. The molecule has 0 amide bonds. The van der Waals surface area contributed by atoms with Gasteiger partial charge in [0, 0.05) is 24.2 Å². The van der Waals surface area contributed by atoms with Crippen molar-refractivity contribution in [1.82, 2.24) is 10.3 Å². The summed E-state index contributed by atoms with van der Waals surface area (Å²) in [5, 5.41) is 6.66. The van der Waals surface area contributed by atoms with Crippen LogP contribution in [0.2, 0.25) is 0 Å². The van der Waals surface area contributed by atoms with E-state index in [0.717, 1.165) is 12.5 Å². The van der Waals surface area contributed by atoms with Crippen LogP contribution in [0.3, 0.4) is 0 Å². The smallest absolute Gasteiger partial charge is 0.106 e. The molecule has 0 saturated carbocycles. The highest BCUT2D eigenvalue weighted by Crippen LogP contribution is 2.07. The molecule has 0 aliphatic carbocycles. The maximum Gasteiger partial charge on any atom is 0.106 e. The maximum atomic E-state index is 4.22. The molecule has 1 atom stereocenters. The summed E-state index contributed by atoms with van der Waals surface area (Å²) < 4.78 is 0. The largest absolute Gasteiger partial charge is 0.308 e. The molecule has 74 valence electrons. The lowest BCUT2D eigenvalue weighted by atomic mass is 10.1. The van der Waals surface area contributed by atoms with Gasteiger partial charge in [-0.1, -0.05) is 13.8 Å². The highest BCUT2D eigenvalue weighted by atomic mass is 32.1. The SMILES string of the molecule is CC(C)C[C@@H](C)NCc1nccs1. The number of aromatic nitrogens is 1. The molecular weight excluding hydrogens is 180 g/mol. The van der Waals surface area contributed by atoms with E-state index in [1.165, 1.54) is 11.4 Å². The molecule has 0 aliphatic rings. The van der Waals surface area contributed by atoms with Crippen molar-refractivity contribution in [1.29, 1.82) is 0 Å². The van der Waals surface area contributed by atoms with Gasteiger partial charge in [-0.2, -0.15) is 0 Å². The summed E-state index contributed by atoms with van der Waals surface area (Å²) in [6, 6.07) is 0.587. The molecule has 3 heteroatoms. The number of thiazole rings is 1. The summed E-state index contributed by atoms with van der Waals surface area (Å²) in [7, 11) is 0. The van der Waals surface area contributed by atoms with Gasteiger partial charge in [-0.05, 0) is 19.3 Å². The quantitative estimate of drug-likeness (QED) is 0.787. The highest BCUT2D eigenvalue weighted by molar-refractivity contribution is 7.09. The van der Waals surface area contributed by atoms with Crippen molar-refractivity contribution in [2.75, 3.05) is 0 Å². The second-order valence-corrected chi connectivity index (χ2v) is 4.82. The molecule has 13 heavy (non-hydrogen) atoms. The van der Waals surface area contributed by atoms with Gasteiger partial charge in [0.25, 0.3) is 0 Å². The number of hydrogen-bond acceptors (Lipinski definition) is 3. The van der Waals surface area contributed by atoms with Gasteiger partial charge in [-0.25, -0.2) is 4.98 Å². The summed E-state index contributed by atoms with van der Waals surface area (Å²) in [5.41, 5.74) is 0. The van der Waals surface area contributed by atoms with Crippen LogP contribution < -0.4 is 5.32 Å². The Kier molecular flexibility index (Phi) is 4.39. The Morgan fingerprint density at radius 1 is 1.46 bits per heavy atom. The molecule has 1 heterocycles. The van der Waals surface area contributed by atoms with Crippen molar-refractivity contribution in [3.8, 4) is 0 Å².